The van der Waals surface area contributed by atoms with Gasteiger partial charge in [0.2, 0.25) is 0 Å². The molecule has 184 valence electrons. The standard InChI is InChI=1S/C26H21Br2N3O5/c1-15-6-8-19(9-7-15)30-23(32)14-35-25-16(4-3-5-21(25)34-2)13-29-31-26(33)22-11-17-10-18(27)12-20(28)24(17)36-22/h3-13H,14H2,1-2H3,(H,30,32)(H,31,33)/b29-13-. The molecule has 0 aliphatic carbocycles. The van der Waals surface area contributed by atoms with Crippen LogP contribution in [0.3, 0.4) is 0 Å². The van der Waals surface area contributed by atoms with E-state index in [-0.39, 0.29) is 18.3 Å². The summed E-state index contributed by atoms with van der Waals surface area (Å²) in [6.45, 7) is 1.72. The highest BCUT2D eigenvalue weighted by molar-refractivity contribution is 9.11. The molecule has 2 N–H and O–H groups in total. The van der Waals surface area contributed by atoms with Crippen molar-refractivity contribution in [2.75, 3.05) is 19.0 Å². The molecule has 3 aromatic carbocycles. The van der Waals surface area contributed by atoms with E-state index in [1.54, 1.807) is 24.3 Å². The zero-order chi connectivity index (χ0) is 25.7. The summed E-state index contributed by atoms with van der Waals surface area (Å²) >= 11 is 6.84. The van der Waals surface area contributed by atoms with Crippen LogP contribution in [0.2, 0.25) is 0 Å². The third kappa shape index (κ3) is 6.13. The van der Waals surface area contributed by atoms with Gasteiger partial charge in [-0.3, -0.25) is 9.59 Å². The second-order valence-electron chi connectivity index (χ2n) is 7.70. The van der Waals surface area contributed by atoms with E-state index in [0.717, 1.165) is 19.9 Å². The van der Waals surface area contributed by atoms with Crippen LogP contribution in [0, 0.1) is 6.92 Å². The van der Waals surface area contributed by atoms with Crippen molar-refractivity contribution in [2.45, 2.75) is 6.92 Å². The van der Waals surface area contributed by atoms with Crippen molar-refractivity contribution in [1.29, 1.82) is 0 Å². The molecule has 4 aromatic rings. The fraction of sp³-hybridized carbons (Fsp3) is 0.115. The molecule has 0 unspecified atom stereocenters. The van der Waals surface area contributed by atoms with E-state index < -0.39 is 5.91 Å². The first-order valence-electron chi connectivity index (χ1n) is 10.7. The Kier molecular flexibility index (Phi) is 8.07. The quantitative estimate of drug-likeness (QED) is 0.186. The lowest BCUT2D eigenvalue weighted by Crippen LogP contribution is -2.21. The number of hydrazone groups is 1. The topological polar surface area (TPSA) is 102 Å². The Morgan fingerprint density at radius 3 is 2.61 bits per heavy atom. The number of carbonyl (C=O) groups is 2. The fourth-order valence-corrected chi connectivity index (χ4v) is 4.66. The van der Waals surface area contributed by atoms with E-state index >= 15 is 0 Å². The average molecular weight is 615 g/mol. The fourth-order valence-electron chi connectivity index (χ4n) is 3.32. The van der Waals surface area contributed by atoms with Crippen LogP contribution >= 0.6 is 31.9 Å². The molecule has 1 heterocycles. The summed E-state index contributed by atoms with van der Waals surface area (Å²) in [4.78, 5) is 24.9. The third-order valence-electron chi connectivity index (χ3n) is 5.04. The van der Waals surface area contributed by atoms with Crippen LogP contribution in [0.5, 0.6) is 11.5 Å². The largest absolute Gasteiger partial charge is 0.493 e. The molecule has 36 heavy (non-hydrogen) atoms. The van der Waals surface area contributed by atoms with Gasteiger partial charge in [-0.2, -0.15) is 5.10 Å². The van der Waals surface area contributed by atoms with Gasteiger partial charge in [-0.15, -0.1) is 0 Å². The molecule has 0 fully saturated rings. The second kappa shape index (κ2) is 11.4. The van der Waals surface area contributed by atoms with E-state index in [0.29, 0.717) is 28.3 Å². The Morgan fingerprint density at radius 2 is 1.86 bits per heavy atom. The monoisotopic (exact) mass is 613 g/mol. The number of ether oxygens (including phenoxy) is 2. The molecule has 0 saturated carbocycles. The lowest BCUT2D eigenvalue weighted by atomic mass is 10.2. The summed E-state index contributed by atoms with van der Waals surface area (Å²) < 4.78 is 18.4. The van der Waals surface area contributed by atoms with Crippen molar-refractivity contribution in [3.63, 3.8) is 0 Å². The van der Waals surface area contributed by atoms with Gasteiger partial charge in [-0.25, -0.2) is 5.43 Å². The molecule has 0 radical (unpaired) electrons. The summed E-state index contributed by atoms with van der Waals surface area (Å²) in [5.74, 6) is -0.0107. The highest BCUT2D eigenvalue weighted by atomic mass is 79.9. The van der Waals surface area contributed by atoms with E-state index in [2.05, 4.69) is 47.7 Å². The molecule has 10 heteroatoms. The number of methoxy groups -OCH3 is 1. The van der Waals surface area contributed by atoms with Crippen molar-refractivity contribution in [2.24, 2.45) is 5.10 Å². The second-order valence-corrected chi connectivity index (χ2v) is 9.47. The van der Waals surface area contributed by atoms with Crippen molar-refractivity contribution < 1.29 is 23.5 Å². The molecule has 4 rings (SSSR count). The third-order valence-corrected chi connectivity index (χ3v) is 6.09. The Balaban J connectivity index is 1.44. The molecule has 0 bridgehead atoms. The number of amides is 2. The maximum Gasteiger partial charge on any atom is 0.307 e. The van der Waals surface area contributed by atoms with Gasteiger partial charge in [-0.05, 0) is 65.3 Å². The van der Waals surface area contributed by atoms with E-state index in [1.165, 1.54) is 13.3 Å². The molecular formula is C26H21Br2N3O5. The van der Waals surface area contributed by atoms with Gasteiger partial charge in [0.25, 0.3) is 5.91 Å². The number of hydrogen-bond donors (Lipinski definition) is 2. The number of furan rings is 1. The molecule has 0 aliphatic rings. The van der Waals surface area contributed by atoms with Gasteiger partial charge in [0.05, 0.1) is 17.8 Å². The first-order valence-corrected chi connectivity index (χ1v) is 12.3. The number of rotatable bonds is 8. The van der Waals surface area contributed by atoms with Crippen molar-refractivity contribution in [3.8, 4) is 11.5 Å². The van der Waals surface area contributed by atoms with Gasteiger partial charge in [0.15, 0.2) is 23.9 Å². The molecule has 0 saturated heterocycles. The van der Waals surface area contributed by atoms with Gasteiger partial charge in [0, 0.05) is 21.1 Å². The Morgan fingerprint density at radius 1 is 1.08 bits per heavy atom. The lowest BCUT2D eigenvalue weighted by molar-refractivity contribution is -0.118. The van der Waals surface area contributed by atoms with E-state index in [1.807, 2.05) is 43.3 Å². The van der Waals surface area contributed by atoms with Crippen LogP contribution in [-0.4, -0.2) is 31.7 Å². The normalized spacial score (nSPS) is 11.0. The number of para-hydroxylation sites is 1. The number of halogens is 2. The van der Waals surface area contributed by atoms with Gasteiger partial charge >= 0.3 is 5.91 Å². The average Bonchev–Trinajstić information content (AvgIpc) is 3.29. The Labute approximate surface area is 223 Å². The van der Waals surface area contributed by atoms with Crippen molar-refractivity contribution >= 4 is 66.5 Å². The lowest BCUT2D eigenvalue weighted by Gasteiger charge is -2.13. The first kappa shape index (κ1) is 25.5. The molecule has 1 aromatic heterocycles. The maximum absolute atomic E-state index is 12.6. The number of aryl methyl sites for hydroxylation is 1. The van der Waals surface area contributed by atoms with E-state index in [9.17, 15) is 9.59 Å². The van der Waals surface area contributed by atoms with Crippen LogP contribution in [0.25, 0.3) is 11.0 Å². The van der Waals surface area contributed by atoms with Crippen LogP contribution in [0.4, 0.5) is 5.69 Å². The zero-order valence-corrected chi connectivity index (χ0v) is 22.5. The minimum Gasteiger partial charge on any atom is -0.493 e. The molecule has 0 atom stereocenters. The van der Waals surface area contributed by atoms with Crippen molar-refractivity contribution in [1.82, 2.24) is 5.43 Å². The number of nitrogens with one attached hydrogen (secondary N) is 2. The Bertz CT molecular complexity index is 1450. The number of carbonyl (C=O) groups excluding carboxylic acids is 2. The van der Waals surface area contributed by atoms with Crippen LogP contribution in [0.15, 0.2) is 79.1 Å². The first-order chi connectivity index (χ1) is 17.3. The molecule has 0 aliphatic heterocycles. The SMILES string of the molecule is COc1cccc(/C=N\NC(=O)c2cc3cc(Br)cc(Br)c3o2)c1OCC(=O)Nc1ccc(C)cc1. The minimum atomic E-state index is -0.520. The number of nitrogens with zero attached hydrogens (tertiary/aromatic N) is 1. The Hall–Kier alpha value is -3.63. The molecule has 2 amide bonds. The summed E-state index contributed by atoms with van der Waals surface area (Å²) in [5, 5.41) is 7.57. The van der Waals surface area contributed by atoms with Crippen LogP contribution in [0.1, 0.15) is 21.7 Å². The number of anilines is 1. The number of benzene rings is 3. The zero-order valence-electron chi connectivity index (χ0n) is 19.3. The molecule has 0 spiro atoms. The van der Waals surface area contributed by atoms with Crippen LogP contribution < -0.4 is 20.2 Å². The van der Waals surface area contributed by atoms with E-state index in [4.69, 9.17) is 13.9 Å². The van der Waals surface area contributed by atoms with Crippen LogP contribution in [-0.2, 0) is 4.79 Å². The smallest absolute Gasteiger partial charge is 0.307 e. The number of fused-ring (bicyclic) bond motifs is 1. The highest BCUT2D eigenvalue weighted by Crippen LogP contribution is 2.31. The van der Waals surface area contributed by atoms with Gasteiger partial charge in [-0.1, -0.05) is 39.7 Å². The summed E-state index contributed by atoms with van der Waals surface area (Å²) in [6.07, 6.45) is 1.41. The van der Waals surface area contributed by atoms with Crippen molar-refractivity contribution in [3.05, 3.63) is 86.5 Å². The highest BCUT2D eigenvalue weighted by Gasteiger charge is 2.15. The minimum absolute atomic E-state index is 0.107. The predicted octanol–water partition coefficient (Wildman–Crippen LogP) is 6.06. The molecule has 8 nitrogen and oxygen atoms in total. The molecular weight excluding hydrogens is 594 g/mol. The van der Waals surface area contributed by atoms with Gasteiger partial charge < -0.3 is 19.2 Å². The summed E-state index contributed by atoms with van der Waals surface area (Å²) in [5.41, 5.74) is 5.27. The van der Waals surface area contributed by atoms with Gasteiger partial charge in [0.1, 0.15) is 5.58 Å². The predicted molar refractivity (Wildman–Crippen MR) is 145 cm³/mol. The maximum atomic E-state index is 12.6. The summed E-state index contributed by atoms with van der Waals surface area (Å²) in [6, 6.07) is 17.9. The number of hydrogen-bond acceptors (Lipinski definition) is 6. The summed E-state index contributed by atoms with van der Waals surface area (Å²) in [7, 11) is 1.50.